The summed E-state index contributed by atoms with van der Waals surface area (Å²) in [5.74, 6) is 0. The molecule has 19 heavy (non-hydrogen) atoms. The van der Waals surface area contributed by atoms with Gasteiger partial charge in [-0.15, -0.1) is 0 Å². The second kappa shape index (κ2) is 5.74. The average molecular weight is 277 g/mol. The third-order valence-electron chi connectivity index (χ3n) is 3.41. The zero-order chi connectivity index (χ0) is 13.1. The van der Waals surface area contributed by atoms with Gasteiger partial charge in [0, 0.05) is 45.1 Å². The molecule has 100 valence electrons. The summed E-state index contributed by atoms with van der Waals surface area (Å²) in [4.78, 5) is 6.49. The normalized spacial score (nSPS) is 16.7. The Balaban J connectivity index is 1.75. The van der Waals surface area contributed by atoms with Crippen LogP contribution in [0.3, 0.4) is 0 Å². The molecule has 0 saturated carbocycles. The molecule has 0 aliphatic carbocycles. The van der Waals surface area contributed by atoms with Crippen molar-refractivity contribution in [3.63, 3.8) is 0 Å². The predicted octanol–water partition coefficient (Wildman–Crippen LogP) is 1.93. The lowest BCUT2D eigenvalue weighted by Gasteiger charge is -2.27. The molecule has 0 spiro atoms. The number of rotatable bonds is 3. The van der Waals surface area contributed by atoms with Crippen molar-refractivity contribution >= 4 is 11.6 Å². The van der Waals surface area contributed by atoms with E-state index >= 15 is 0 Å². The Morgan fingerprint density at radius 2 is 2.11 bits per heavy atom. The highest BCUT2D eigenvalue weighted by Gasteiger charge is 2.11. The fraction of sp³-hybridized carbons (Fsp3) is 0.357. The molecule has 3 rings (SSSR count). The summed E-state index contributed by atoms with van der Waals surface area (Å²) in [5, 5.41) is 4.13. The molecule has 2 aromatic rings. The molecule has 1 aliphatic rings. The number of hydrogen-bond acceptors (Lipinski definition) is 3. The largest absolute Gasteiger partial charge is 0.314 e. The van der Waals surface area contributed by atoms with E-state index in [0.29, 0.717) is 0 Å². The molecule has 1 aromatic carbocycles. The Hall–Kier alpha value is -1.36. The molecule has 0 unspecified atom stereocenters. The Kier molecular flexibility index (Phi) is 3.82. The minimum Gasteiger partial charge on any atom is -0.314 e. The van der Waals surface area contributed by atoms with Crippen molar-refractivity contribution in [1.82, 2.24) is 19.8 Å². The van der Waals surface area contributed by atoms with E-state index in [1.54, 1.807) is 12.5 Å². The van der Waals surface area contributed by atoms with E-state index in [4.69, 9.17) is 11.6 Å². The number of hydrogen-bond donors (Lipinski definition) is 1. The molecule has 4 nitrogen and oxygen atoms in total. The van der Waals surface area contributed by atoms with Crippen LogP contribution in [0, 0.1) is 0 Å². The predicted molar refractivity (Wildman–Crippen MR) is 76.7 cm³/mol. The molecule has 2 heterocycles. The first kappa shape index (κ1) is 12.7. The van der Waals surface area contributed by atoms with Gasteiger partial charge in [0.15, 0.2) is 0 Å². The van der Waals surface area contributed by atoms with Crippen LogP contribution in [-0.2, 0) is 6.54 Å². The van der Waals surface area contributed by atoms with Gasteiger partial charge in [-0.1, -0.05) is 17.7 Å². The van der Waals surface area contributed by atoms with E-state index in [1.165, 1.54) is 5.56 Å². The fourth-order valence-electron chi connectivity index (χ4n) is 2.39. The van der Waals surface area contributed by atoms with E-state index in [9.17, 15) is 0 Å². The van der Waals surface area contributed by atoms with Crippen LogP contribution in [0.1, 0.15) is 5.56 Å². The lowest BCUT2D eigenvalue weighted by Crippen LogP contribution is -2.42. The molecule has 1 N–H and O–H groups in total. The van der Waals surface area contributed by atoms with Gasteiger partial charge in [-0.2, -0.15) is 0 Å². The van der Waals surface area contributed by atoms with Gasteiger partial charge in [-0.25, -0.2) is 4.98 Å². The first-order chi connectivity index (χ1) is 9.33. The van der Waals surface area contributed by atoms with Crippen LogP contribution < -0.4 is 5.32 Å². The van der Waals surface area contributed by atoms with Gasteiger partial charge in [-0.3, -0.25) is 4.90 Å². The van der Waals surface area contributed by atoms with E-state index in [-0.39, 0.29) is 0 Å². The maximum absolute atomic E-state index is 6.36. The molecule has 1 saturated heterocycles. The van der Waals surface area contributed by atoms with Crippen molar-refractivity contribution < 1.29 is 0 Å². The molecule has 5 heteroatoms. The number of piperazine rings is 1. The van der Waals surface area contributed by atoms with Crippen molar-refractivity contribution in [2.45, 2.75) is 6.54 Å². The van der Waals surface area contributed by atoms with Crippen LogP contribution in [0.25, 0.3) is 5.69 Å². The standard InChI is InChI=1S/C14H17ClN4/c15-13-9-12(10-18-6-3-16-4-7-18)1-2-14(13)19-8-5-17-11-19/h1-2,5,8-9,11,16H,3-4,6-7,10H2. The maximum Gasteiger partial charge on any atom is 0.0992 e. The van der Waals surface area contributed by atoms with Gasteiger partial charge in [0.1, 0.15) is 0 Å². The summed E-state index contributed by atoms with van der Waals surface area (Å²) >= 11 is 6.36. The van der Waals surface area contributed by atoms with Crippen molar-refractivity contribution in [1.29, 1.82) is 0 Å². The lowest BCUT2D eigenvalue weighted by atomic mass is 10.2. The van der Waals surface area contributed by atoms with E-state index in [2.05, 4.69) is 33.4 Å². The summed E-state index contributed by atoms with van der Waals surface area (Å²) in [5.41, 5.74) is 2.24. The summed E-state index contributed by atoms with van der Waals surface area (Å²) < 4.78 is 1.93. The highest BCUT2D eigenvalue weighted by Crippen LogP contribution is 2.22. The van der Waals surface area contributed by atoms with Crippen LogP contribution in [-0.4, -0.2) is 40.6 Å². The molecule has 1 aromatic heterocycles. The summed E-state index contributed by atoms with van der Waals surface area (Å²) in [6, 6.07) is 6.25. The van der Waals surface area contributed by atoms with Gasteiger partial charge < -0.3 is 9.88 Å². The Morgan fingerprint density at radius 3 is 2.79 bits per heavy atom. The van der Waals surface area contributed by atoms with E-state index < -0.39 is 0 Å². The number of halogens is 1. The summed E-state index contributed by atoms with van der Waals surface area (Å²) in [7, 11) is 0. The molecule has 1 aliphatic heterocycles. The minimum atomic E-state index is 0.769. The monoisotopic (exact) mass is 276 g/mol. The Bertz CT molecular complexity index is 532. The summed E-state index contributed by atoms with van der Waals surface area (Å²) in [6.45, 7) is 5.30. The van der Waals surface area contributed by atoms with Gasteiger partial charge in [0.2, 0.25) is 0 Å². The maximum atomic E-state index is 6.36. The second-order valence-corrected chi connectivity index (χ2v) is 5.19. The van der Waals surface area contributed by atoms with Crippen LogP contribution in [0.15, 0.2) is 36.9 Å². The quantitative estimate of drug-likeness (QED) is 0.930. The zero-order valence-corrected chi connectivity index (χ0v) is 11.5. The van der Waals surface area contributed by atoms with Crippen molar-refractivity contribution in [2.75, 3.05) is 26.2 Å². The number of benzene rings is 1. The number of nitrogens with zero attached hydrogens (tertiary/aromatic N) is 3. The first-order valence-electron chi connectivity index (χ1n) is 6.53. The molecule has 0 atom stereocenters. The summed E-state index contributed by atoms with van der Waals surface area (Å²) in [6.07, 6.45) is 5.42. The van der Waals surface area contributed by atoms with Crippen molar-refractivity contribution in [3.8, 4) is 5.69 Å². The van der Waals surface area contributed by atoms with Crippen molar-refractivity contribution in [3.05, 3.63) is 47.5 Å². The molecule has 0 bridgehead atoms. The van der Waals surface area contributed by atoms with Gasteiger partial charge >= 0.3 is 0 Å². The Labute approximate surface area is 118 Å². The highest BCUT2D eigenvalue weighted by molar-refractivity contribution is 6.32. The van der Waals surface area contributed by atoms with E-state index in [1.807, 2.05) is 10.8 Å². The topological polar surface area (TPSA) is 33.1 Å². The van der Waals surface area contributed by atoms with Crippen LogP contribution >= 0.6 is 11.6 Å². The smallest absolute Gasteiger partial charge is 0.0992 e. The van der Waals surface area contributed by atoms with Crippen LogP contribution in [0.2, 0.25) is 5.02 Å². The van der Waals surface area contributed by atoms with E-state index in [0.717, 1.165) is 43.4 Å². The molecule has 1 fully saturated rings. The van der Waals surface area contributed by atoms with Gasteiger partial charge in [-0.05, 0) is 17.7 Å². The number of nitrogens with one attached hydrogen (secondary N) is 1. The van der Waals surface area contributed by atoms with Gasteiger partial charge in [0.25, 0.3) is 0 Å². The molecule has 0 radical (unpaired) electrons. The third-order valence-corrected chi connectivity index (χ3v) is 3.71. The van der Waals surface area contributed by atoms with Crippen LogP contribution in [0.4, 0.5) is 0 Å². The Morgan fingerprint density at radius 1 is 1.26 bits per heavy atom. The first-order valence-corrected chi connectivity index (χ1v) is 6.90. The lowest BCUT2D eigenvalue weighted by molar-refractivity contribution is 0.233. The SMILES string of the molecule is Clc1cc(CN2CCNCC2)ccc1-n1ccnc1. The number of imidazole rings is 1. The third kappa shape index (κ3) is 2.97. The highest BCUT2D eigenvalue weighted by atomic mass is 35.5. The molecular weight excluding hydrogens is 260 g/mol. The zero-order valence-electron chi connectivity index (χ0n) is 10.7. The van der Waals surface area contributed by atoms with Crippen LogP contribution in [0.5, 0.6) is 0 Å². The van der Waals surface area contributed by atoms with Gasteiger partial charge in [0.05, 0.1) is 17.0 Å². The average Bonchev–Trinajstić information content (AvgIpc) is 2.94. The second-order valence-electron chi connectivity index (χ2n) is 4.78. The minimum absolute atomic E-state index is 0.769. The molecule has 0 amide bonds. The number of aromatic nitrogens is 2. The van der Waals surface area contributed by atoms with Crippen molar-refractivity contribution in [2.24, 2.45) is 0 Å². The fourth-order valence-corrected chi connectivity index (χ4v) is 2.69. The molecular formula is C14H17ClN4.